The highest BCUT2D eigenvalue weighted by Gasteiger charge is 2.28. The summed E-state index contributed by atoms with van der Waals surface area (Å²) in [5.41, 5.74) is 1.04. The normalized spacial score (nSPS) is 19.3. The Kier molecular flexibility index (Phi) is 6.36. The molecule has 1 aliphatic rings. The third-order valence-electron chi connectivity index (χ3n) is 4.11. The summed E-state index contributed by atoms with van der Waals surface area (Å²) in [5, 5.41) is 13.8. The largest absolute Gasteiger partial charge is 0.393 e. The van der Waals surface area contributed by atoms with Crippen LogP contribution in [0, 0.1) is 5.92 Å². The Labute approximate surface area is 141 Å². The van der Waals surface area contributed by atoms with Crippen LogP contribution in [0.1, 0.15) is 25.3 Å². The predicted octanol–water partition coefficient (Wildman–Crippen LogP) is 3.34. The maximum absolute atomic E-state index is 12.0. The quantitative estimate of drug-likeness (QED) is 0.805. The molecular weight excluding hydrogens is 323 g/mol. The van der Waals surface area contributed by atoms with E-state index in [9.17, 15) is 9.90 Å². The third kappa shape index (κ3) is 4.77. The molecule has 4 nitrogen and oxygen atoms in total. The van der Waals surface area contributed by atoms with Crippen LogP contribution in [0.2, 0.25) is 10.0 Å². The number of hydrogen-bond donors (Lipinski definition) is 2. The van der Waals surface area contributed by atoms with Gasteiger partial charge < -0.3 is 15.3 Å². The molecule has 0 aromatic heterocycles. The molecule has 0 radical (unpaired) electrons. The lowest BCUT2D eigenvalue weighted by atomic mass is 10.0. The van der Waals surface area contributed by atoms with Crippen LogP contribution in [-0.4, -0.2) is 41.8 Å². The predicted molar refractivity (Wildman–Crippen MR) is 89.5 cm³/mol. The van der Waals surface area contributed by atoms with E-state index in [4.69, 9.17) is 23.2 Å². The van der Waals surface area contributed by atoms with E-state index in [-0.39, 0.29) is 18.1 Å². The van der Waals surface area contributed by atoms with E-state index >= 15 is 0 Å². The lowest BCUT2D eigenvalue weighted by Crippen LogP contribution is -2.39. The highest BCUT2D eigenvalue weighted by molar-refractivity contribution is 6.35. The van der Waals surface area contributed by atoms with Crippen LogP contribution in [0.15, 0.2) is 18.2 Å². The molecule has 2 atom stereocenters. The monoisotopic (exact) mass is 344 g/mol. The van der Waals surface area contributed by atoms with Crippen LogP contribution in [0.5, 0.6) is 0 Å². The molecule has 0 aliphatic carbocycles. The smallest absolute Gasteiger partial charge is 0.317 e. The molecule has 1 heterocycles. The van der Waals surface area contributed by atoms with Crippen molar-refractivity contribution in [1.29, 1.82) is 0 Å². The number of benzene rings is 1. The number of amides is 2. The first-order valence-corrected chi connectivity index (χ1v) is 8.37. The van der Waals surface area contributed by atoms with E-state index < -0.39 is 0 Å². The number of aryl methyl sites for hydroxylation is 1. The zero-order valence-corrected chi connectivity index (χ0v) is 14.2. The van der Waals surface area contributed by atoms with Crippen LogP contribution in [0.4, 0.5) is 4.79 Å². The molecule has 22 heavy (non-hydrogen) atoms. The molecule has 2 N–H and O–H groups in total. The standard InChI is InChI=1S/C16H22Cl2N2O2/c1-11(21)13-6-8-20(10-13)16(22)19-7-2-3-12-4-5-14(17)9-15(12)18/h4-5,9,11,13,21H,2-3,6-8,10H2,1H3,(H,19,22)/t11-,13+/m0/s1. The van der Waals surface area contributed by atoms with Crippen molar-refractivity contribution in [2.75, 3.05) is 19.6 Å². The molecule has 0 saturated carbocycles. The first-order chi connectivity index (χ1) is 10.5. The number of carbonyl (C=O) groups is 1. The van der Waals surface area contributed by atoms with E-state index in [1.54, 1.807) is 17.9 Å². The fourth-order valence-corrected chi connectivity index (χ4v) is 3.18. The van der Waals surface area contributed by atoms with E-state index in [1.807, 2.05) is 12.1 Å². The molecule has 0 unspecified atom stereocenters. The highest BCUT2D eigenvalue weighted by Crippen LogP contribution is 2.22. The Bertz CT molecular complexity index is 523. The van der Waals surface area contributed by atoms with Crippen LogP contribution >= 0.6 is 23.2 Å². The van der Waals surface area contributed by atoms with Crippen molar-refractivity contribution in [2.45, 2.75) is 32.3 Å². The molecule has 1 aromatic carbocycles. The Balaban J connectivity index is 1.69. The zero-order valence-electron chi connectivity index (χ0n) is 12.7. The van der Waals surface area contributed by atoms with E-state index in [2.05, 4.69) is 5.32 Å². The van der Waals surface area contributed by atoms with Gasteiger partial charge in [0.1, 0.15) is 0 Å². The number of hydrogen-bond acceptors (Lipinski definition) is 2. The number of nitrogens with one attached hydrogen (secondary N) is 1. The summed E-state index contributed by atoms with van der Waals surface area (Å²) < 4.78 is 0. The second-order valence-corrected chi connectivity index (χ2v) is 6.65. The summed E-state index contributed by atoms with van der Waals surface area (Å²) >= 11 is 12.0. The van der Waals surface area contributed by atoms with Crippen molar-refractivity contribution in [2.24, 2.45) is 5.92 Å². The van der Waals surface area contributed by atoms with Crippen molar-refractivity contribution in [3.8, 4) is 0 Å². The number of rotatable bonds is 5. The van der Waals surface area contributed by atoms with Gasteiger partial charge >= 0.3 is 6.03 Å². The zero-order chi connectivity index (χ0) is 16.1. The number of urea groups is 1. The summed E-state index contributed by atoms with van der Waals surface area (Å²) in [6.07, 6.45) is 2.13. The topological polar surface area (TPSA) is 52.6 Å². The third-order valence-corrected chi connectivity index (χ3v) is 4.70. The lowest BCUT2D eigenvalue weighted by molar-refractivity contribution is 0.129. The highest BCUT2D eigenvalue weighted by atomic mass is 35.5. The van der Waals surface area contributed by atoms with Crippen molar-refractivity contribution < 1.29 is 9.90 Å². The summed E-state index contributed by atoms with van der Waals surface area (Å²) in [4.78, 5) is 13.8. The van der Waals surface area contributed by atoms with Crippen LogP contribution in [0.3, 0.4) is 0 Å². The van der Waals surface area contributed by atoms with Gasteiger partial charge in [-0.25, -0.2) is 4.79 Å². The number of halogens is 2. The van der Waals surface area contributed by atoms with Crippen molar-refractivity contribution in [3.63, 3.8) is 0 Å². The summed E-state index contributed by atoms with van der Waals surface area (Å²) in [6.45, 7) is 3.73. The van der Waals surface area contributed by atoms with Gasteiger partial charge in [-0.2, -0.15) is 0 Å². The molecule has 122 valence electrons. The minimum Gasteiger partial charge on any atom is -0.393 e. The molecule has 1 fully saturated rings. The second kappa shape index (κ2) is 8.04. The summed E-state index contributed by atoms with van der Waals surface area (Å²) in [6, 6.07) is 5.42. The van der Waals surface area contributed by atoms with Gasteiger partial charge in [0.15, 0.2) is 0 Å². The fraction of sp³-hybridized carbons (Fsp3) is 0.562. The Morgan fingerprint density at radius 2 is 2.27 bits per heavy atom. The van der Waals surface area contributed by atoms with Crippen LogP contribution in [-0.2, 0) is 6.42 Å². The van der Waals surface area contributed by atoms with E-state index in [0.717, 1.165) is 24.8 Å². The molecular formula is C16H22Cl2N2O2. The number of carbonyl (C=O) groups excluding carboxylic acids is 1. The van der Waals surface area contributed by atoms with Crippen LogP contribution < -0.4 is 5.32 Å². The van der Waals surface area contributed by atoms with Crippen LogP contribution in [0.25, 0.3) is 0 Å². The number of likely N-dealkylation sites (tertiary alicyclic amines) is 1. The minimum absolute atomic E-state index is 0.0506. The fourth-order valence-electron chi connectivity index (χ4n) is 2.68. The maximum atomic E-state index is 12.0. The molecule has 2 rings (SSSR count). The molecule has 1 saturated heterocycles. The first-order valence-electron chi connectivity index (χ1n) is 7.62. The van der Waals surface area contributed by atoms with Crippen molar-refractivity contribution >= 4 is 29.2 Å². The van der Waals surface area contributed by atoms with E-state index in [0.29, 0.717) is 29.7 Å². The first kappa shape index (κ1) is 17.4. The molecule has 1 aromatic rings. The average molecular weight is 345 g/mol. The summed E-state index contributed by atoms with van der Waals surface area (Å²) in [5.74, 6) is 0.193. The van der Waals surface area contributed by atoms with Gasteiger partial charge in [0.05, 0.1) is 6.10 Å². The average Bonchev–Trinajstić information content (AvgIpc) is 2.95. The molecule has 0 spiro atoms. The maximum Gasteiger partial charge on any atom is 0.317 e. The molecule has 1 aliphatic heterocycles. The Morgan fingerprint density at radius 3 is 2.91 bits per heavy atom. The summed E-state index contributed by atoms with van der Waals surface area (Å²) in [7, 11) is 0. The van der Waals surface area contributed by atoms with Crippen molar-refractivity contribution in [1.82, 2.24) is 10.2 Å². The number of aliphatic hydroxyl groups is 1. The SMILES string of the molecule is C[C@H](O)[C@@H]1CCN(C(=O)NCCCc2ccc(Cl)cc2Cl)C1. The molecule has 2 amide bonds. The lowest BCUT2D eigenvalue weighted by Gasteiger charge is -2.18. The number of aliphatic hydroxyl groups excluding tert-OH is 1. The van der Waals surface area contributed by atoms with Crippen molar-refractivity contribution in [3.05, 3.63) is 33.8 Å². The van der Waals surface area contributed by atoms with E-state index in [1.165, 1.54) is 0 Å². The number of nitrogens with zero attached hydrogens (tertiary/aromatic N) is 1. The van der Waals surface area contributed by atoms with Gasteiger partial charge in [-0.3, -0.25) is 0 Å². The van der Waals surface area contributed by atoms with Gasteiger partial charge in [0.2, 0.25) is 0 Å². The Hall–Kier alpha value is -0.970. The Morgan fingerprint density at radius 1 is 1.50 bits per heavy atom. The van der Waals surface area contributed by atoms with Gasteiger partial charge in [-0.05, 0) is 43.9 Å². The van der Waals surface area contributed by atoms with Gasteiger partial charge in [-0.15, -0.1) is 0 Å². The minimum atomic E-state index is -0.357. The van der Waals surface area contributed by atoms with Gasteiger partial charge in [-0.1, -0.05) is 29.3 Å². The van der Waals surface area contributed by atoms with Gasteiger partial charge in [0, 0.05) is 35.6 Å². The molecule has 0 bridgehead atoms. The van der Waals surface area contributed by atoms with Gasteiger partial charge in [0.25, 0.3) is 0 Å². The molecule has 6 heteroatoms. The second-order valence-electron chi connectivity index (χ2n) is 5.81.